The highest BCUT2D eigenvalue weighted by Gasteiger charge is 2.56. The molecule has 0 aromatic carbocycles. The lowest BCUT2D eigenvalue weighted by molar-refractivity contribution is -0.124. The van der Waals surface area contributed by atoms with Crippen LogP contribution in [0.5, 0.6) is 0 Å². The molecular weight excluding hydrogens is 284 g/mol. The van der Waals surface area contributed by atoms with E-state index in [-0.39, 0.29) is 16.7 Å². The molecule has 2 saturated carbocycles. The van der Waals surface area contributed by atoms with E-state index in [1.165, 1.54) is 18.4 Å². The zero-order chi connectivity index (χ0) is 16.4. The topological polar surface area (TPSA) is 34.1 Å². The number of hydrogen-bond acceptors (Lipinski definition) is 2. The molecule has 0 amide bonds. The summed E-state index contributed by atoms with van der Waals surface area (Å²) in [5.74, 6) is 2.20. The molecule has 0 aliphatic heterocycles. The molecule has 4 aliphatic rings. The maximum absolute atomic E-state index is 12.1. The summed E-state index contributed by atoms with van der Waals surface area (Å²) in [6.07, 6.45) is 11.7. The molecule has 4 rings (SSSR count). The third kappa shape index (κ3) is 1.99. The lowest BCUT2D eigenvalue weighted by Crippen LogP contribution is -2.48. The van der Waals surface area contributed by atoms with Crippen LogP contribution in [0.25, 0.3) is 0 Å². The molecule has 0 aromatic rings. The lowest BCUT2D eigenvalue weighted by atomic mass is 9.48. The van der Waals surface area contributed by atoms with Crippen molar-refractivity contribution in [1.82, 2.24) is 0 Å². The van der Waals surface area contributed by atoms with Crippen LogP contribution in [0.3, 0.4) is 0 Å². The zero-order valence-corrected chi connectivity index (χ0v) is 14.7. The van der Waals surface area contributed by atoms with Crippen molar-refractivity contribution >= 4 is 11.6 Å². The van der Waals surface area contributed by atoms with Gasteiger partial charge in [0.25, 0.3) is 0 Å². The Labute approximate surface area is 139 Å². The molecule has 2 nitrogen and oxygen atoms in total. The molecule has 0 heterocycles. The Kier molecular flexibility index (Phi) is 3.28. The van der Waals surface area contributed by atoms with E-state index in [4.69, 9.17) is 0 Å². The molecule has 5 atom stereocenters. The summed E-state index contributed by atoms with van der Waals surface area (Å²) in [7, 11) is 0. The number of allylic oxidation sites excluding steroid dienone is 4. The Morgan fingerprint density at radius 3 is 2.65 bits per heavy atom. The largest absolute Gasteiger partial charge is 0.300 e. The van der Waals surface area contributed by atoms with Gasteiger partial charge >= 0.3 is 0 Å². The summed E-state index contributed by atoms with van der Waals surface area (Å²) < 4.78 is 0. The second kappa shape index (κ2) is 4.91. The fourth-order valence-corrected chi connectivity index (χ4v) is 6.51. The molecule has 2 fully saturated rings. The summed E-state index contributed by atoms with van der Waals surface area (Å²) in [5.41, 5.74) is 3.33. The van der Waals surface area contributed by atoms with E-state index in [0.717, 1.165) is 32.1 Å². The molecule has 124 valence electrons. The number of ketones is 2. The standard InChI is InChI=1S/C21H28O2/c1-13(22)17-6-7-18-16-5-4-14-12-15(23)8-10-20(14,2)19(16)9-11-21(17,18)3/h7,12,16-17,19H,4-6,8-11H2,1-3H3/t16-,17+,19-,20-,21+/m1/s1. The molecule has 0 saturated heterocycles. The number of fused-ring (bicyclic) bond motifs is 5. The average molecular weight is 312 g/mol. The molecule has 0 radical (unpaired) electrons. The summed E-state index contributed by atoms with van der Waals surface area (Å²) >= 11 is 0. The highest BCUT2D eigenvalue weighted by molar-refractivity contribution is 5.91. The smallest absolute Gasteiger partial charge is 0.155 e. The van der Waals surface area contributed by atoms with E-state index in [1.54, 1.807) is 12.5 Å². The average Bonchev–Trinajstić information content (AvgIpc) is 2.85. The van der Waals surface area contributed by atoms with E-state index in [0.29, 0.717) is 23.4 Å². The van der Waals surface area contributed by atoms with Gasteiger partial charge < -0.3 is 0 Å². The first-order chi connectivity index (χ1) is 10.9. The molecule has 0 N–H and O–H groups in total. The Bertz CT molecular complexity index is 640. The number of rotatable bonds is 1. The van der Waals surface area contributed by atoms with Gasteiger partial charge in [-0.15, -0.1) is 0 Å². The number of hydrogen-bond donors (Lipinski definition) is 0. The first kappa shape index (κ1) is 15.4. The van der Waals surface area contributed by atoms with Gasteiger partial charge in [-0.2, -0.15) is 0 Å². The second-order valence-corrected chi connectivity index (χ2v) is 8.82. The van der Waals surface area contributed by atoms with Crippen molar-refractivity contribution in [3.8, 4) is 0 Å². The van der Waals surface area contributed by atoms with E-state index in [1.807, 2.05) is 6.08 Å². The van der Waals surface area contributed by atoms with Gasteiger partial charge in [0.15, 0.2) is 5.78 Å². The van der Waals surface area contributed by atoms with E-state index in [9.17, 15) is 9.59 Å². The molecule has 23 heavy (non-hydrogen) atoms. The fourth-order valence-electron chi connectivity index (χ4n) is 6.51. The zero-order valence-electron chi connectivity index (χ0n) is 14.7. The Morgan fingerprint density at radius 1 is 1.13 bits per heavy atom. The first-order valence-electron chi connectivity index (χ1n) is 9.31. The molecule has 4 aliphatic carbocycles. The van der Waals surface area contributed by atoms with Gasteiger partial charge in [-0.1, -0.05) is 31.1 Å². The van der Waals surface area contributed by atoms with Gasteiger partial charge in [-0.05, 0) is 74.2 Å². The summed E-state index contributed by atoms with van der Waals surface area (Å²) in [6, 6.07) is 0. The monoisotopic (exact) mass is 312 g/mol. The Balaban J connectivity index is 1.70. The van der Waals surface area contributed by atoms with Crippen LogP contribution in [0.15, 0.2) is 23.3 Å². The van der Waals surface area contributed by atoms with Crippen molar-refractivity contribution in [2.75, 3.05) is 0 Å². The third-order valence-electron chi connectivity index (χ3n) is 7.86. The van der Waals surface area contributed by atoms with Gasteiger partial charge in [-0.3, -0.25) is 9.59 Å². The minimum Gasteiger partial charge on any atom is -0.300 e. The van der Waals surface area contributed by atoms with Crippen LogP contribution in [0, 0.1) is 28.6 Å². The van der Waals surface area contributed by atoms with Crippen molar-refractivity contribution in [1.29, 1.82) is 0 Å². The molecule has 0 aromatic heterocycles. The first-order valence-corrected chi connectivity index (χ1v) is 9.31. The summed E-state index contributed by atoms with van der Waals surface area (Å²) in [6.45, 7) is 6.52. The lowest BCUT2D eigenvalue weighted by Gasteiger charge is -2.56. The van der Waals surface area contributed by atoms with Crippen molar-refractivity contribution in [3.63, 3.8) is 0 Å². The fraction of sp³-hybridized carbons (Fsp3) is 0.714. The molecule has 2 heteroatoms. The minimum atomic E-state index is 0.106. The Hall–Kier alpha value is -1.18. The Morgan fingerprint density at radius 2 is 1.91 bits per heavy atom. The summed E-state index contributed by atoms with van der Waals surface area (Å²) in [4.78, 5) is 24.0. The highest BCUT2D eigenvalue weighted by atomic mass is 16.1. The van der Waals surface area contributed by atoms with Crippen LogP contribution in [-0.4, -0.2) is 11.6 Å². The van der Waals surface area contributed by atoms with Gasteiger partial charge in [0.1, 0.15) is 5.78 Å². The van der Waals surface area contributed by atoms with Crippen LogP contribution in [0.2, 0.25) is 0 Å². The van der Waals surface area contributed by atoms with Gasteiger partial charge in [0, 0.05) is 12.3 Å². The van der Waals surface area contributed by atoms with Gasteiger partial charge in [0.2, 0.25) is 0 Å². The van der Waals surface area contributed by atoms with Gasteiger partial charge in [-0.25, -0.2) is 0 Å². The van der Waals surface area contributed by atoms with E-state index >= 15 is 0 Å². The van der Waals surface area contributed by atoms with Crippen molar-refractivity contribution in [3.05, 3.63) is 23.3 Å². The predicted molar refractivity (Wildman–Crippen MR) is 90.9 cm³/mol. The normalized spacial score (nSPS) is 45.5. The van der Waals surface area contributed by atoms with Crippen molar-refractivity contribution in [2.24, 2.45) is 28.6 Å². The highest BCUT2D eigenvalue weighted by Crippen LogP contribution is 2.64. The van der Waals surface area contributed by atoms with Crippen LogP contribution < -0.4 is 0 Å². The maximum atomic E-state index is 12.1. The van der Waals surface area contributed by atoms with Crippen LogP contribution >= 0.6 is 0 Å². The predicted octanol–water partition coefficient (Wildman–Crippen LogP) is 4.64. The molecule has 0 bridgehead atoms. The number of carbonyl (C=O) groups is 2. The third-order valence-corrected chi connectivity index (χ3v) is 7.86. The van der Waals surface area contributed by atoms with Crippen LogP contribution in [0.4, 0.5) is 0 Å². The van der Waals surface area contributed by atoms with Gasteiger partial charge in [0.05, 0.1) is 0 Å². The SMILES string of the molecule is CC(=O)[C@@H]1CC=C2[C@H]3CCC4=CC(=O)CC[C@@]4(C)[C@@H]3CC[C@]21C. The maximum Gasteiger partial charge on any atom is 0.155 e. The van der Waals surface area contributed by atoms with E-state index in [2.05, 4.69) is 19.9 Å². The van der Waals surface area contributed by atoms with Crippen molar-refractivity contribution < 1.29 is 9.59 Å². The van der Waals surface area contributed by atoms with Crippen LogP contribution in [-0.2, 0) is 9.59 Å². The molecule has 0 unspecified atom stereocenters. The van der Waals surface area contributed by atoms with Crippen LogP contribution in [0.1, 0.15) is 65.7 Å². The molecule has 0 spiro atoms. The van der Waals surface area contributed by atoms with E-state index < -0.39 is 0 Å². The quantitative estimate of drug-likeness (QED) is 0.661. The minimum absolute atomic E-state index is 0.106. The molecular formula is C21H28O2. The second-order valence-electron chi connectivity index (χ2n) is 8.82. The summed E-state index contributed by atoms with van der Waals surface area (Å²) in [5, 5.41) is 0. The number of Topliss-reactive ketones (excluding diaryl/α,β-unsaturated/α-hetero) is 1. The van der Waals surface area contributed by atoms with Crippen molar-refractivity contribution in [2.45, 2.75) is 65.7 Å². The number of carbonyl (C=O) groups excluding carboxylic acids is 2.